The molecule has 0 spiro atoms. The van der Waals surface area contributed by atoms with Crippen molar-refractivity contribution < 1.29 is 19.0 Å². The average Bonchev–Trinajstić information content (AvgIpc) is 2.51. The van der Waals surface area contributed by atoms with Crippen molar-refractivity contribution in [1.82, 2.24) is 4.90 Å². The maximum Gasteiger partial charge on any atom is 0.344 e. The molecule has 0 amide bonds. The highest BCUT2D eigenvalue weighted by Gasteiger charge is 2.13. The summed E-state index contributed by atoms with van der Waals surface area (Å²) in [5, 5.41) is 0. The van der Waals surface area contributed by atoms with Gasteiger partial charge in [0.15, 0.2) is 6.61 Å². The van der Waals surface area contributed by atoms with E-state index in [-0.39, 0.29) is 18.7 Å². The molecule has 5 nitrogen and oxygen atoms in total. The summed E-state index contributed by atoms with van der Waals surface area (Å²) >= 11 is 0. The van der Waals surface area contributed by atoms with E-state index < -0.39 is 0 Å². The Kier molecular flexibility index (Phi) is 7.61. The van der Waals surface area contributed by atoms with E-state index in [1.807, 2.05) is 6.92 Å². The third-order valence-electron chi connectivity index (χ3n) is 3.16. The first-order valence-corrected chi connectivity index (χ1v) is 7.27. The minimum absolute atomic E-state index is 0.0884. The van der Waals surface area contributed by atoms with Gasteiger partial charge in [-0.25, -0.2) is 4.79 Å². The van der Waals surface area contributed by atoms with Crippen LogP contribution >= 0.6 is 0 Å². The zero-order chi connectivity index (χ0) is 15.7. The van der Waals surface area contributed by atoms with Gasteiger partial charge in [0.2, 0.25) is 0 Å². The van der Waals surface area contributed by atoms with Gasteiger partial charge in [-0.2, -0.15) is 0 Å². The first kappa shape index (κ1) is 17.3. The van der Waals surface area contributed by atoms with Crippen molar-refractivity contribution in [2.24, 2.45) is 0 Å². The number of carbonyl (C=O) groups excluding carboxylic acids is 1. The Morgan fingerprint density at radius 2 is 1.71 bits per heavy atom. The average molecular weight is 295 g/mol. The van der Waals surface area contributed by atoms with Gasteiger partial charge in [-0.3, -0.25) is 0 Å². The zero-order valence-corrected chi connectivity index (χ0v) is 13.3. The van der Waals surface area contributed by atoms with Crippen LogP contribution in [0.5, 0.6) is 11.5 Å². The van der Waals surface area contributed by atoms with E-state index in [9.17, 15) is 4.79 Å². The molecule has 0 aliphatic heterocycles. The fourth-order valence-corrected chi connectivity index (χ4v) is 1.96. The van der Waals surface area contributed by atoms with Crippen molar-refractivity contribution in [3.63, 3.8) is 0 Å². The van der Waals surface area contributed by atoms with E-state index in [1.165, 1.54) is 0 Å². The summed E-state index contributed by atoms with van der Waals surface area (Å²) in [5.41, 5.74) is 0. The summed E-state index contributed by atoms with van der Waals surface area (Å²) in [7, 11) is 1.60. The van der Waals surface area contributed by atoms with Crippen molar-refractivity contribution in [1.29, 1.82) is 0 Å². The van der Waals surface area contributed by atoms with Gasteiger partial charge < -0.3 is 19.1 Å². The van der Waals surface area contributed by atoms with Crippen LogP contribution in [0.1, 0.15) is 20.8 Å². The van der Waals surface area contributed by atoms with E-state index in [0.717, 1.165) is 25.4 Å². The lowest BCUT2D eigenvalue weighted by molar-refractivity contribution is -0.151. The van der Waals surface area contributed by atoms with Gasteiger partial charge in [0.1, 0.15) is 17.6 Å². The lowest BCUT2D eigenvalue weighted by Crippen LogP contribution is -2.34. The van der Waals surface area contributed by atoms with Gasteiger partial charge in [0, 0.05) is 6.54 Å². The molecule has 0 aromatic heterocycles. The van der Waals surface area contributed by atoms with E-state index in [4.69, 9.17) is 14.2 Å². The van der Waals surface area contributed by atoms with Gasteiger partial charge in [0.05, 0.1) is 7.11 Å². The molecule has 0 aliphatic carbocycles. The molecule has 1 rings (SSSR count). The maximum atomic E-state index is 11.7. The van der Waals surface area contributed by atoms with Gasteiger partial charge in [-0.05, 0) is 44.3 Å². The minimum Gasteiger partial charge on any atom is -0.497 e. The summed E-state index contributed by atoms with van der Waals surface area (Å²) in [6.07, 6.45) is -0.142. The zero-order valence-electron chi connectivity index (χ0n) is 13.3. The lowest BCUT2D eigenvalue weighted by atomic mass is 10.3. The number of esters is 1. The standard InChI is InChI=1S/C16H25NO4/c1-5-17(6-2)11-13(3)21-16(18)12-20-15-9-7-14(19-4)8-10-15/h7-10,13H,5-6,11-12H2,1-4H3/t13-/m1/s1. The van der Waals surface area contributed by atoms with Crippen LogP contribution in [0.2, 0.25) is 0 Å². The summed E-state index contributed by atoms with van der Waals surface area (Å²) in [6.45, 7) is 8.61. The Bertz CT molecular complexity index is 415. The SMILES string of the molecule is CCN(CC)C[C@@H](C)OC(=O)COc1ccc(OC)cc1. The molecule has 0 saturated heterocycles. The molecular formula is C16H25NO4. The van der Waals surface area contributed by atoms with E-state index >= 15 is 0 Å². The predicted molar refractivity (Wildman–Crippen MR) is 81.8 cm³/mol. The third kappa shape index (κ3) is 6.49. The predicted octanol–water partition coefficient (Wildman–Crippen LogP) is 2.35. The van der Waals surface area contributed by atoms with Crippen molar-refractivity contribution >= 4 is 5.97 Å². The number of hydrogen-bond acceptors (Lipinski definition) is 5. The van der Waals surface area contributed by atoms with Gasteiger partial charge in [-0.1, -0.05) is 13.8 Å². The Hall–Kier alpha value is -1.75. The topological polar surface area (TPSA) is 48.0 Å². The largest absolute Gasteiger partial charge is 0.497 e. The highest BCUT2D eigenvalue weighted by Crippen LogP contribution is 2.16. The van der Waals surface area contributed by atoms with Crippen LogP contribution < -0.4 is 9.47 Å². The molecule has 0 saturated carbocycles. The van der Waals surface area contributed by atoms with Crippen molar-refractivity contribution in [2.75, 3.05) is 33.4 Å². The number of methoxy groups -OCH3 is 1. The van der Waals surface area contributed by atoms with E-state index in [0.29, 0.717) is 5.75 Å². The second-order valence-corrected chi connectivity index (χ2v) is 4.75. The van der Waals surface area contributed by atoms with Gasteiger partial charge >= 0.3 is 5.97 Å². The molecule has 0 heterocycles. The van der Waals surface area contributed by atoms with Gasteiger partial charge in [0.25, 0.3) is 0 Å². The van der Waals surface area contributed by atoms with E-state index in [2.05, 4.69) is 18.7 Å². The summed E-state index contributed by atoms with van der Waals surface area (Å²) in [4.78, 5) is 13.9. The molecule has 1 aromatic carbocycles. The molecule has 0 N–H and O–H groups in total. The molecule has 1 aromatic rings. The Labute approximate surface area is 126 Å². The third-order valence-corrected chi connectivity index (χ3v) is 3.16. The molecule has 0 radical (unpaired) electrons. The van der Waals surface area contributed by atoms with Crippen LogP contribution in [0.25, 0.3) is 0 Å². The Morgan fingerprint density at radius 1 is 1.14 bits per heavy atom. The molecule has 21 heavy (non-hydrogen) atoms. The fourth-order valence-electron chi connectivity index (χ4n) is 1.96. The van der Waals surface area contributed by atoms with Crippen LogP contribution in [0.3, 0.4) is 0 Å². The first-order valence-electron chi connectivity index (χ1n) is 7.27. The number of hydrogen-bond donors (Lipinski definition) is 0. The molecule has 1 atom stereocenters. The number of nitrogens with zero attached hydrogens (tertiary/aromatic N) is 1. The Morgan fingerprint density at radius 3 is 2.24 bits per heavy atom. The highest BCUT2D eigenvalue weighted by atomic mass is 16.6. The number of likely N-dealkylation sites (N-methyl/N-ethyl adjacent to an activating group) is 1. The van der Waals surface area contributed by atoms with Crippen LogP contribution in [0, 0.1) is 0 Å². The van der Waals surface area contributed by atoms with Crippen LogP contribution in [0.4, 0.5) is 0 Å². The number of carbonyl (C=O) groups is 1. The maximum absolute atomic E-state index is 11.7. The van der Waals surface area contributed by atoms with Crippen LogP contribution in [0.15, 0.2) is 24.3 Å². The molecular weight excluding hydrogens is 270 g/mol. The summed E-state index contributed by atoms with van der Waals surface area (Å²) < 4.78 is 15.8. The molecule has 0 bridgehead atoms. The second-order valence-electron chi connectivity index (χ2n) is 4.75. The monoisotopic (exact) mass is 295 g/mol. The normalized spacial score (nSPS) is 12.0. The highest BCUT2D eigenvalue weighted by molar-refractivity contribution is 5.71. The molecule has 0 aliphatic rings. The fraction of sp³-hybridized carbons (Fsp3) is 0.562. The van der Waals surface area contributed by atoms with Crippen LogP contribution in [-0.2, 0) is 9.53 Å². The van der Waals surface area contributed by atoms with E-state index in [1.54, 1.807) is 31.4 Å². The first-order chi connectivity index (χ1) is 10.1. The minimum atomic E-state index is -0.356. The summed E-state index contributed by atoms with van der Waals surface area (Å²) in [5.74, 6) is 1.01. The molecule has 0 fully saturated rings. The Balaban J connectivity index is 2.32. The lowest BCUT2D eigenvalue weighted by Gasteiger charge is -2.22. The van der Waals surface area contributed by atoms with Crippen LogP contribution in [-0.4, -0.2) is 50.3 Å². The van der Waals surface area contributed by atoms with Crippen molar-refractivity contribution in [2.45, 2.75) is 26.9 Å². The van der Waals surface area contributed by atoms with Gasteiger partial charge in [-0.15, -0.1) is 0 Å². The summed E-state index contributed by atoms with van der Waals surface area (Å²) in [6, 6.07) is 7.07. The number of rotatable bonds is 9. The van der Waals surface area contributed by atoms with Crippen molar-refractivity contribution in [3.05, 3.63) is 24.3 Å². The number of benzene rings is 1. The number of ether oxygens (including phenoxy) is 3. The van der Waals surface area contributed by atoms with Crippen molar-refractivity contribution in [3.8, 4) is 11.5 Å². The molecule has 118 valence electrons. The second kappa shape index (κ2) is 9.23. The molecule has 0 unspecified atom stereocenters. The molecule has 5 heteroatoms. The smallest absolute Gasteiger partial charge is 0.344 e. The quantitative estimate of drug-likeness (QED) is 0.654.